The molecular weight excluding hydrogens is 592 g/mol. The predicted molar refractivity (Wildman–Crippen MR) is 153 cm³/mol. The second kappa shape index (κ2) is 10.2. The first-order chi connectivity index (χ1) is 16.5. The summed E-state index contributed by atoms with van der Waals surface area (Å²) in [6.07, 6.45) is 4.88. The Morgan fingerprint density at radius 3 is 2.41 bits per heavy atom. The average Bonchev–Trinajstić information content (AvgIpc) is 3.30. The van der Waals surface area contributed by atoms with Crippen LogP contribution in [0.5, 0.6) is 0 Å². The van der Waals surface area contributed by atoms with Gasteiger partial charge in [0.2, 0.25) is 0 Å². The molecule has 1 aliphatic rings. The van der Waals surface area contributed by atoms with Crippen molar-refractivity contribution in [3.63, 3.8) is 0 Å². The Balaban J connectivity index is 1.43. The van der Waals surface area contributed by atoms with E-state index in [-0.39, 0.29) is 5.91 Å². The smallest absolute Gasteiger partial charge is 0.266 e. The Kier molecular flexibility index (Phi) is 7.06. The van der Waals surface area contributed by atoms with E-state index >= 15 is 0 Å². The van der Waals surface area contributed by atoms with Crippen molar-refractivity contribution >= 4 is 83.0 Å². The zero-order valence-corrected chi connectivity index (χ0v) is 22.9. The Hall–Kier alpha value is -2.19. The van der Waals surface area contributed by atoms with Crippen molar-refractivity contribution in [1.29, 1.82) is 0 Å². The number of halogens is 2. The fourth-order valence-corrected chi connectivity index (χ4v) is 5.97. The maximum absolute atomic E-state index is 13.2. The molecule has 0 radical (unpaired) electrons. The maximum Gasteiger partial charge on any atom is 0.266 e. The van der Waals surface area contributed by atoms with E-state index in [1.54, 1.807) is 4.90 Å². The fourth-order valence-electron chi connectivity index (χ4n) is 4.05. The summed E-state index contributed by atoms with van der Waals surface area (Å²) in [5, 5.41) is 1.10. The van der Waals surface area contributed by atoms with Gasteiger partial charge in [-0.25, -0.2) is 0 Å². The molecule has 1 fully saturated rings. The number of carbonyl (C=O) groups is 1. The number of benzene rings is 3. The molecule has 7 heteroatoms. The summed E-state index contributed by atoms with van der Waals surface area (Å²) in [4.78, 5) is 15.6. The normalized spacial score (nSPS) is 15.1. The minimum absolute atomic E-state index is 0.0188. The molecule has 1 saturated heterocycles. The summed E-state index contributed by atoms with van der Waals surface area (Å²) < 4.78 is 4.92. The van der Waals surface area contributed by atoms with Crippen LogP contribution in [0.3, 0.4) is 0 Å². The Morgan fingerprint density at radius 1 is 0.912 bits per heavy atom. The highest BCUT2D eigenvalue weighted by atomic mass is 79.9. The van der Waals surface area contributed by atoms with E-state index in [0.717, 1.165) is 38.4 Å². The van der Waals surface area contributed by atoms with Crippen LogP contribution in [0.15, 0.2) is 92.8 Å². The highest BCUT2D eigenvalue weighted by Crippen LogP contribution is 2.35. The van der Waals surface area contributed by atoms with Crippen molar-refractivity contribution in [1.82, 2.24) is 9.47 Å². The van der Waals surface area contributed by atoms with Crippen LogP contribution in [0.1, 0.15) is 16.7 Å². The minimum atomic E-state index is -0.0188. The number of carbonyl (C=O) groups excluding carboxylic acids is 1. The molecule has 0 aliphatic carbocycles. The molecular formula is C27H20Br2N2OS2. The van der Waals surface area contributed by atoms with Crippen LogP contribution in [0.4, 0.5) is 0 Å². The molecule has 170 valence electrons. The Morgan fingerprint density at radius 2 is 1.65 bits per heavy atom. The summed E-state index contributed by atoms with van der Waals surface area (Å²) in [5.41, 5.74) is 4.54. The molecule has 3 aromatic carbocycles. The SMILES string of the molecule is O=C1/C(=C/c2cn(Cc3ccc(Br)cc3)c3ccc(Br)cc23)SC(=S)N1CCc1ccccc1. The van der Waals surface area contributed by atoms with Gasteiger partial charge in [0.05, 0.1) is 4.91 Å². The van der Waals surface area contributed by atoms with Crippen molar-refractivity contribution in [3.05, 3.63) is 110 Å². The number of rotatable bonds is 6. The van der Waals surface area contributed by atoms with Crippen LogP contribution in [0.25, 0.3) is 17.0 Å². The molecule has 34 heavy (non-hydrogen) atoms. The molecule has 0 bridgehead atoms. The molecule has 0 unspecified atom stereocenters. The van der Waals surface area contributed by atoms with Crippen molar-refractivity contribution in [3.8, 4) is 0 Å². The van der Waals surface area contributed by atoms with E-state index in [1.165, 1.54) is 22.9 Å². The van der Waals surface area contributed by atoms with E-state index in [2.05, 4.69) is 91.2 Å². The summed E-state index contributed by atoms with van der Waals surface area (Å²) in [6.45, 7) is 1.33. The lowest BCUT2D eigenvalue weighted by atomic mass is 10.1. The van der Waals surface area contributed by atoms with Crippen LogP contribution in [-0.4, -0.2) is 26.2 Å². The van der Waals surface area contributed by atoms with Crippen LogP contribution >= 0.6 is 55.8 Å². The molecule has 0 atom stereocenters. The van der Waals surface area contributed by atoms with Crippen LogP contribution in [-0.2, 0) is 17.8 Å². The largest absolute Gasteiger partial charge is 0.342 e. The molecule has 1 aliphatic heterocycles. The van der Waals surface area contributed by atoms with Gasteiger partial charge >= 0.3 is 0 Å². The third kappa shape index (κ3) is 5.08. The van der Waals surface area contributed by atoms with Gasteiger partial charge in [0.1, 0.15) is 4.32 Å². The third-order valence-corrected chi connectivity index (χ3v) is 8.17. The van der Waals surface area contributed by atoms with E-state index in [9.17, 15) is 4.79 Å². The van der Waals surface area contributed by atoms with E-state index in [1.807, 2.05) is 30.3 Å². The first-order valence-electron chi connectivity index (χ1n) is 10.8. The lowest BCUT2D eigenvalue weighted by Crippen LogP contribution is -2.30. The van der Waals surface area contributed by atoms with E-state index in [4.69, 9.17) is 12.2 Å². The molecule has 0 spiro atoms. The monoisotopic (exact) mass is 610 g/mol. The molecule has 0 saturated carbocycles. The van der Waals surface area contributed by atoms with Crippen LogP contribution in [0.2, 0.25) is 0 Å². The number of hydrogen-bond donors (Lipinski definition) is 0. The Labute approximate surface area is 225 Å². The quantitative estimate of drug-likeness (QED) is 0.165. The number of amides is 1. The van der Waals surface area contributed by atoms with Crippen molar-refractivity contribution in [2.24, 2.45) is 0 Å². The average molecular weight is 612 g/mol. The molecule has 4 aromatic rings. The second-order valence-corrected chi connectivity index (χ2v) is 11.6. The number of nitrogens with zero attached hydrogens (tertiary/aromatic N) is 2. The maximum atomic E-state index is 13.2. The number of thioether (sulfide) groups is 1. The van der Waals surface area contributed by atoms with Gasteiger partial charge in [0.15, 0.2) is 0 Å². The van der Waals surface area contributed by atoms with E-state index in [0.29, 0.717) is 15.8 Å². The third-order valence-electron chi connectivity index (χ3n) is 5.77. The summed E-state index contributed by atoms with van der Waals surface area (Å²) in [6, 6.07) is 24.8. The lowest BCUT2D eigenvalue weighted by molar-refractivity contribution is -0.122. The molecule has 3 nitrogen and oxygen atoms in total. The lowest BCUT2D eigenvalue weighted by Gasteiger charge is -2.14. The minimum Gasteiger partial charge on any atom is -0.342 e. The van der Waals surface area contributed by atoms with Crippen molar-refractivity contribution < 1.29 is 4.79 Å². The fraction of sp³-hybridized carbons (Fsp3) is 0.111. The molecule has 1 amide bonds. The summed E-state index contributed by atoms with van der Waals surface area (Å²) in [5.74, 6) is -0.0188. The van der Waals surface area contributed by atoms with E-state index < -0.39 is 0 Å². The zero-order valence-electron chi connectivity index (χ0n) is 18.1. The summed E-state index contributed by atoms with van der Waals surface area (Å²) in [7, 11) is 0. The highest BCUT2D eigenvalue weighted by Gasteiger charge is 2.31. The van der Waals surface area contributed by atoms with Crippen LogP contribution < -0.4 is 0 Å². The van der Waals surface area contributed by atoms with Gasteiger partial charge in [-0.1, -0.05) is 98.3 Å². The molecule has 5 rings (SSSR count). The van der Waals surface area contributed by atoms with Crippen molar-refractivity contribution in [2.45, 2.75) is 13.0 Å². The van der Waals surface area contributed by atoms with Gasteiger partial charge in [-0.3, -0.25) is 9.69 Å². The molecule has 2 heterocycles. The van der Waals surface area contributed by atoms with Gasteiger partial charge < -0.3 is 4.57 Å². The van der Waals surface area contributed by atoms with Gasteiger partial charge in [-0.2, -0.15) is 0 Å². The predicted octanol–water partition coefficient (Wildman–Crippen LogP) is 7.66. The number of thiocarbonyl (C=S) groups is 1. The van der Waals surface area contributed by atoms with Gasteiger partial charge in [0, 0.05) is 44.7 Å². The summed E-state index contributed by atoms with van der Waals surface area (Å²) >= 11 is 14.0. The van der Waals surface area contributed by atoms with Crippen LogP contribution in [0, 0.1) is 0 Å². The van der Waals surface area contributed by atoms with Gasteiger partial charge in [-0.05, 0) is 54.0 Å². The first kappa shape index (κ1) is 23.5. The Bertz CT molecular complexity index is 1410. The molecule has 0 N–H and O–H groups in total. The van der Waals surface area contributed by atoms with Crippen molar-refractivity contribution in [2.75, 3.05) is 6.54 Å². The first-order valence-corrected chi connectivity index (χ1v) is 13.6. The van der Waals surface area contributed by atoms with Gasteiger partial charge in [0.25, 0.3) is 5.91 Å². The number of hydrogen-bond acceptors (Lipinski definition) is 3. The standard InChI is InChI=1S/C27H20Br2N2OS2/c28-21-8-6-19(7-9-21)16-30-17-20(23-15-22(29)10-11-24(23)30)14-25-26(32)31(27(33)34-25)13-12-18-4-2-1-3-5-18/h1-11,14-15,17H,12-13,16H2/b25-14-. The van der Waals surface area contributed by atoms with Gasteiger partial charge in [-0.15, -0.1) is 0 Å². The number of aromatic nitrogens is 1. The zero-order chi connectivity index (χ0) is 23.7. The topological polar surface area (TPSA) is 25.2 Å². The second-order valence-electron chi connectivity index (χ2n) is 8.07. The molecule has 1 aromatic heterocycles. The number of fused-ring (bicyclic) bond motifs is 1. The highest BCUT2D eigenvalue weighted by molar-refractivity contribution is 9.10.